The largest absolute Gasteiger partial charge is 0.468 e. The van der Waals surface area contributed by atoms with Crippen molar-refractivity contribution in [2.75, 3.05) is 13.2 Å². The fraction of sp³-hybridized carbons (Fsp3) is 0.667. The molecule has 15 heavy (non-hydrogen) atoms. The molecule has 1 aromatic rings. The van der Waals surface area contributed by atoms with Gasteiger partial charge in [-0.2, -0.15) is 0 Å². The maximum absolute atomic E-state index is 9.19. The molecule has 3 nitrogen and oxygen atoms in total. The van der Waals surface area contributed by atoms with Gasteiger partial charge in [-0.3, -0.25) is 4.90 Å². The molecule has 3 heteroatoms. The number of nitrogens with zero attached hydrogens (tertiary/aromatic N) is 1. The summed E-state index contributed by atoms with van der Waals surface area (Å²) in [5.74, 6) is 1.41. The first kappa shape index (κ1) is 10.7. The molecule has 0 aromatic carbocycles. The fourth-order valence-corrected chi connectivity index (χ4v) is 2.45. The van der Waals surface area contributed by atoms with Crippen LogP contribution in [0.3, 0.4) is 0 Å². The van der Waals surface area contributed by atoms with E-state index >= 15 is 0 Å². The van der Waals surface area contributed by atoms with Gasteiger partial charge in [0.2, 0.25) is 0 Å². The van der Waals surface area contributed by atoms with E-state index in [4.69, 9.17) is 4.42 Å². The maximum atomic E-state index is 9.19. The van der Waals surface area contributed by atoms with Crippen LogP contribution in [-0.4, -0.2) is 28.7 Å². The van der Waals surface area contributed by atoms with E-state index in [-0.39, 0.29) is 12.1 Å². The van der Waals surface area contributed by atoms with Crippen LogP contribution in [0, 0.1) is 5.92 Å². The molecule has 0 aliphatic carbocycles. The number of hydrogen-bond acceptors (Lipinski definition) is 3. The van der Waals surface area contributed by atoms with Crippen molar-refractivity contribution >= 4 is 0 Å². The lowest BCUT2D eigenvalue weighted by Crippen LogP contribution is -2.37. The van der Waals surface area contributed by atoms with Crippen LogP contribution in [0.5, 0.6) is 0 Å². The molecule has 1 saturated heterocycles. The van der Waals surface area contributed by atoms with Gasteiger partial charge in [0.05, 0.1) is 12.8 Å². The Morgan fingerprint density at radius 3 is 2.93 bits per heavy atom. The standard InChI is InChI=1S/C12H19NO2/c1-12(2)6-10(9-14)7-13(12)8-11-4-3-5-15-11/h3-5,10,14H,6-9H2,1-2H3. The molecule has 1 aliphatic rings. The van der Waals surface area contributed by atoms with Crippen molar-refractivity contribution in [2.24, 2.45) is 5.92 Å². The summed E-state index contributed by atoms with van der Waals surface area (Å²) in [6.07, 6.45) is 2.77. The van der Waals surface area contributed by atoms with Gasteiger partial charge in [-0.1, -0.05) is 0 Å². The number of aliphatic hydroxyl groups is 1. The Hall–Kier alpha value is -0.800. The molecule has 0 radical (unpaired) electrons. The topological polar surface area (TPSA) is 36.6 Å². The van der Waals surface area contributed by atoms with Gasteiger partial charge in [-0.15, -0.1) is 0 Å². The highest BCUT2D eigenvalue weighted by Crippen LogP contribution is 2.33. The van der Waals surface area contributed by atoms with Crippen molar-refractivity contribution in [3.8, 4) is 0 Å². The average Bonchev–Trinajstić information content (AvgIpc) is 2.76. The van der Waals surface area contributed by atoms with Gasteiger partial charge >= 0.3 is 0 Å². The van der Waals surface area contributed by atoms with Crippen molar-refractivity contribution in [2.45, 2.75) is 32.4 Å². The third-order valence-electron chi connectivity index (χ3n) is 3.31. The number of aliphatic hydroxyl groups excluding tert-OH is 1. The minimum Gasteiger partial charge on any atom is -0.468 e. The van der Waals surface area contributed by atoms with Gasteiger partial charge in [0.25, 0.3) is 0 Å². The highest BCUT2D eigenvalue weighted by molar-refractivity contribution is 5.01. The summed E-state index contributed by atoms with van der Waals surface area (Å²) in [6.45, 7) is 6.55. The Morgan fingerprint density at radius 2 is 2.40 bits per heavy atom. The second-order valence-electron chi connectivity index (χ2n) is 5.03. The Balaban J connectivity index is 2.03. The molecule has 1 N–H and O–H groups in total. The predicted molar refractivity (Wildman–Crippen MR) is 58.4 cm³/mol. The van der Waals surface area contributed by atoms with Crippen LogP contribution in [0.1, 0.15) is 26.0 Å². The van der Waals surface area contributed by atoms with Crippen molar-refractivity contribution in [1.82, 2.24) is 4.90 Å². The summed E-state index contributed by atoms with van der Waals surface area (Å²) in [5.41, 5.74) is 0.167. The lowest BCUT2D eigenvalue weighted by molar-refractivity contribution is 0.152. The van der Waals surface area contributed by atoms with Crippen LogP contribution in [0.4, 0.5) is 0 Å². The van der Waals surface area contributed by atoms with Gasteiger partial charge in [0.15, 0.2) is 0 Å². The molecule has 0 bridgehead atoms. The van der Waals surface area contributed by atoms with Crippen molar-refractivity contribution < 1.29 is 9.52 Å². The van der Waals surface area contributed by atoms with E-state index in [0.29, 0.717) is 5.92 Å². The lowest BCUT2D eigenvalue weighted by Gasteiger charge is -2.30. The molecule has 0 spiro atoms. The molecule has 1 unspecified atom stereocenters. The average molecular weight is 209 g/mol. The fourth-order valence-electron chi connectivity index (χ4n) is 2.45. The van der Waals surface area contributed by atoms with Crippen molar-refractivity contribution in [3.63, 3.8) is 0 Å². The lowest BCUT2D eigenvalue weighted by atomic mass is 9.97. The number of likely N-dealkylation sites (tertiary alicyclic amines) is 1. The first-order valence-corrected chi connectivity index (χ1v) is 5.50. The second kappa shape index (κ2) is 3.99. The SMILES string of the molecule is CC1(C)CC(CO)CN1Cc1ccco1. The zero-order valence-corrected chi connectivity index (χ0v) is 9.44. The Labute approximate surface area is 90.7 Å². The molecule has 84 valence electrons. The Kier molecular flexibility index (Phi) is 2.85. The minimum absolute atomic E-state index is 0.167. The third-order valence-corrected chi connectivity index (χ3v) is 3.31. The van der Waals surface area contributed by atoms with E-state index in [1.807, 2.05) is 12.1 Å². The quantitative estimate of drug-likeness (QED) is 0.825. The van der Waals surface area contributed by atoms with E-state index in [0.717, 1.165) is 25.3 Å². The van der Waals surface area contributed by atoms with Crippen LogP contribution < -0.4 is 0 Å². The monoisotopic (exact) mass is 209 g/mol. The number of furan rings is 1. The number of hydrogen-bond donors (Lipinski definition) is 1. The van der Waals surface area contributed by atoms with Gasteiger partial charge in [0.1, 0.15) is 5.76 Å². The van der Waals surface area contributed by atoms with Crippen LogP contribution in [0.2, 0.25) is 0 Å². The van der Waals surface area contributed by atoms with Gasteiger partial charge in [-0.25, -0.2) is 0 Å². The summed E-state index contributed by atoms with van der Waals surface area (Å²) in [5, 5.41) is 9.19. The summed E-state index contributed by atoms with van der Waals surface area (Å²) in [7, 11) is 0. The van der Waals surface area contributed by atoms with Crippen molar-refractivity contribution in [3.05, 3.63) is 24.2 Å². The summed E-state index contributed by atoms with van der Waals surface area (Å²) >= 11 is 0. The summed E-state index contributed by atoms with van der Waals surface area (Å²) in [4.78, 5) is 2.38. The van der Waals surface area contributed by atoms with Crippen LogP contribution in [-0.2, 0) is 6.54 Å². The van der Waals surface area contributed by atoms with E-state index in [2.05, 4.69) is 18.7 Å². The highest BCUT2D eigenvalue weighted by atomic mass is 16.3. The summed E-state index contributed by atoms with van der Waals surface area (Å²) < 4.78 is 5.35. The molecule has 2 heterocycles. The molecule has 1 atom stereocenters. The molecular formula is C12H19NO2. The minimum atomic E-state index is 0.167. The number of rotatable bonds is 3. The Bertz CT molecular complexity index is 305. The highest BCUT2D eigenvalue weighted by Gasteiger charge is 2.37. The van der Waals surface area contributed by atoms with Crippen LogP contribution in [0.25, 0.3) is 0 Å². The Morgan fingerprint density at radius 1 is 1.60 bits per heavy atom. The molecule has 1 aromatic heterocycles. The zero-order chi connectivity index (χ0) is 10.9. The molecule has 1 fully saturated rings. The smallest absolute Gasteiger partial charge is 0.117 e. The zero-order valence-electron chi connectivity index (χ0n) is 9.44. The molecule has 0 saturated carbocycles. The first-order chi connectivity index (χ1) is 7.12. The van der Waals surface area contributed by atoms with E-state index < -0.39 is 0 Å². The molecule has 2 rings (SSSR count). The predicted octanol–water partition coefficient (Wildman–Crippen LogP) is 1.87. The van der Waals surface area contributed by atoms with Crippen LogP contribution in [0.15, 0.2) is 22.8 Å². The summed E-state index contributed by atoms with van der Waals surface area (Å²) in [6, 6.07) is 3.92. The molecule has 1 aliphatic heterocycles. The van der Waals surface area contributed by atoms with Crippen LogP contribution >= 0.6 is 0 Å². The van der Waals surface area contributed by atoms with E-state index in [9.17, 15) is 5.11 Å². The van der Waals surface area contributed by atoms with E-state index in [1.54, 1.807) is 6.26 Å². The van der Waals surface area contributed by atoms with Gasteiger partial charge < -0.3 is 9.52 Å². The van der Waals surface area contributed by atoms with E-state index in [1.165, 1.54) is 0 Å². The van der Waals surface area contributed by atoms with Crippen molar-refractivity contribution in [1.29, 1.82) is 0 Å². The van der Waals surface area contributed by atoms with Gasteiger partial charge in [0, 0.05) is 18.7 Å². The second-order valence-corrected chi connectivity index (χ2v) is 5.03. The first-order valence-electron chi connectivity index (χ1n) is 5.50. The molecular weight excluding hydrogens is 190 g/mol. The maximum Gasteiger partial charge on any atom is 0.117 e. The normalized spacial score (nSPS) is 25.9. The van der Waals surface area contributed by atoms with Gasteiger partial charge in [-0.05, 0) is 38.3 Å². The third kappa shape index (κ3) is 2.24. The molecule has 0 amide bonds.